The quantitative estimate of drug-likeness (QED) is 0.737. The number of carbonyl (C=O) groups is 1. The van der Waals surface area contributed by atoms with Crippen molar-refractivity contribution in [2.75, 3.05) is 20.2 Å². The Morgan fingerprint density at radius 1 is 1.07 bits per heavy atom. The second kappa shape index (κ2) is 8.94. The fourth-order valence-electron chi connectivity index (χ4n) is 2.39. The molecule has 0 fully saturated rings. The van der Waals surface area contributed by atoms with Gasteiger partial charge in [-0.25, -0.2) is 13.1 Å². The summed E-state index contributed by atoms with van der Waals surface area (Å²) in [6.45, 7) is 6.01. The molecule has 152 valence electrons. The molecule has 2 rings (SSSR count). The van der Waals surface area contributed by atoms with Gasteiger partial charge in [-0.3, -0.25) is 4.79 Å². The van der Waals surface area contributed by atoms with E-state index in [9.17, 15) is 13.2 Å². The van der Waals surface area contributed by atoms with E-state index in [1.165, 1.54) is 29.2 Å². The zero-order chi connectivity index (χ0) is 20.9. The molecule has 0 aromatic heterocycles. The van der Waals surface area contributed by atoms with Gasteiger partial charge in [-0.2, -0.15) is 0 Å². The normalized spacial score (nSPS) is 11.9. The minimum Gasteiger partial charge on any atom is -0.492 e. The summed E-state index contributed by atoms with van der Waals surface area (Å²) in [5, 5.41) is 0.628. The molecule has 2 aromatic rings. The van der Waals surface area contributed by atoms with Gasteiger partial charge in [-0.15, -0.1) is 0 Å². The number of sulfonamides is 1. The monoisotopic (exact) mass is 424 g/mol. The Bertz CT molecular complexity index is 905. The zero-order valence-corrected chi connectivity index (χ0v) is 18.0. The number of likely N-dealkylation sites (N-methyl/N-ethyl adjacent to an activating group) is 1. The lowest BCUT2D eigenvalue weighted by atomic mass is 10.1. The fraction of sp³-hybridized carbons (Fsp3) is 0.350. The topological polar surface area (TPSA) is 75.7 Å². The summed E-state index contributed by atoms with van der Waals surface area (Å²) in [5.41, 5.74) is -0.179. The SMILES string of the molecule is CN(CCOc1ccc(Cl)cc1)C(=O)c1ccc(S(=O)(=O)NC(C)(C)C)cc1. The molecule has 2 aromatic carbocycles. The lowest BCUT2D eigenvalue weighted by molar-refractivity contribution is 0.0773. The molecule has 0 bridgehead atoms. The van der Waals surface area contributed by atoms with E-state index < -0.39 is 15.6 Å². The average Bonchev–Trinajstić information content (AvgIpc) is 2.61. The highest BCUT2D eigenvalue weighted by Gasteiger charge is 2.22. The van der Waals surface area contributed by atoms with Gasteiger partial charge in [0.15, 0.2) is 0 Å². The van der Waals surface area contributed by atoms with E-state index in [-0.39, 0.29) is 10.8 Å². The van der Waals surface area contributed by atoms with Crippen molar-refractivity contribution in [3.05, 3.63) is 59.1 Å². The second-order valence-corrected chi connectivity index (χ2v) is 9.53. The number of nitrogens with one attached hydrogen (secondary N) is 1. The third-order valence-electron chi connectivity index (χ3n) is 3.71. The van der Waals surface area contributed by atoms with Gasteiger partial charge in [0.25, 0.3) is 5.91 Å². The molecule has 0 saturated heterocycles. The Balaban J connectivity index is 1.95. The van der Waals surface area contributed by atoms with Crippen molar-refractivity contribution in [1.29, 1.82) is 0 Å². The van der Waals surface area contributed by atoms with Crippen LogP contribution in [-0.4, -0.2) is 45.0 Å². The summed E-state index contributed by atoms with van der Waals surface area (Å²) in [5.74, 6) is 0.457. The largest absolute Gasteiger partial charge is 0.492 e. The predicted octanol–water partition coefficient (Wildman–Crippen LogP) is 3.57. The lowest BCUT2D eigenvalue weighted by Crippen LogP contribution is -2.40. The van der Waals surface area contributed by atoms with Crippen molar-refractivity contribution in [1.82, 2.24) is 9.62 Å². The molecule has 0 atom stereocenters. The third-order valence-corrected chi connectivity index (χ3v) is 5.73. The minimum atomic E-state index is -3.63. The van der Waals surface area contributed by atoms with Gasteiger partial charge in [-0.1, -0.05) is 11.6 Å². The first-order chi connectivity index (χ1) is 13.0. The summed E-state index contributed by atoms with van der Waals surface area (Å²) in [7, 11) is -1.97. The fourth-order valence-corrected chi connectivity index (χ4v) is 3.94. The van der Waals surface area contributed by atoms with Gasteiger partial charge in [-0.05, 0) is 69.3 Å². The van der Waals surface area contributed by atoms with Crippen LogP contribution in [0.2, 0.25) is 5.02 Å². The lowest BCUT2D eigenvalue weighted by Gasteiger charge is -2.21. The number of carbonyl (C=O) groups excluding carboxylic acids is 1. The van der Waals surface area contributed by atoms with E-state index in [4.69, 9.17) is 16.3 Å². The van der Waals surface area contributed by atoms with Crippen LogP contribution in [-0.2, 0) is 10.0 Å². The van der Waals surface area contributed by atoms with Crippen molar-refractivity contribution in [2.24, 2.45) is 0 Å². The Labute approximate surface area is 171 Å². The van der Waals surface area contributed by atoms with Crippen LogP contribution in [0.15, 0.2) is 53.4 Å². The van der Waals surface area contributed by atoms with Crippen LogP contribution in [0.25, 0.3) is 0 Å². The van der Waals surface area contributed by atoms with E-state index in [1.807, 2.05) is 0 Å². The van der Waals surface area contributed by atoms with E-state index in [2.05, 4.69) is 4.72 Å². The summed E-state index contributed by atoms with van der Waals surface area (Å²) in [6.07, 6.45) is 0. The molecule has 1 amide bonds. The van der Waals surface area contributed by atoms with Crippen molar-refractivity contribution in [3.8, 4) is 5.75 Å². The number of hydrogen-bond acceptors (Lipinski definition) is 4. The van der Waals surface area contributed by atoms with Crippen molar-refractivity contribution >= 4 is 27.5 Å². The number of benzene rings is 2. The molecule has 0 aliphatic heterocycles. The number of hydrogen-bond donors (Lipinski definition) is 1. The van der Waals surface area contributed by atoms with Crippen LogP contribution in [0.1, 0.15) is 31.1 Å². The van der Waals surface area contributed by atoms with Crippen LogP contribution in [0, 0.1) is 0 Å². The minimum absolute atomic E-state index is 0.118. The van der Waals surface area contributed by atoms with Gasteiger partial charge in [0.05, 0.1) is 11.4 Å². The van der Waals surface area contributed by atoms with Crippen molar-refractivity contribution in [2.45, 2.75) is 31.2 Å². The van der Waals surface area contributed by atoms with Crippen molar-refractivity contribution < 1.29 is 17.9 Å². The van der Waals surface area contributed by atoms with Crippen LogP contribution in [0.3, 0.4) is 0 Å². The third kappa shape index (κ3) is 6.51. The maximum atomic E-state index is 12.5. The number of rotatable bonds is 7. The van der Waals surface area contributed by atoms with Crippen LogP contribution >= 0.6 is 11.6 Å². The standard InChI is InChI=1S/C20H25ClN2O4S/c1-20(2,3)22-28(25,26)18-11-5-15(6-12-18)19(24)23(4)13-14-27-17-9-7-16(21)8-10-17/h5-12,22H,13-14H2,1-4H3. The molecule has 0 saturated carbocycles. The molecular formula is C20H25ClN2O4S. The molecule has 6 nitrogen and oxygen atoms in total. The Hall–Kier alpha value is -2.09. The summed E-state index contributed by atoms with van der Waals surface area (Å²) in [6, 6.07) is 12.9. The summed E-state index contributed by atoms with van der Waals surface area (Å²) in [4.78, 5) is 14.1. The number of nitrogens with zero attached hydrogens (tertiary/aromatic N) is 1. The summed E-state index contributed by atoms with van der Waals surface area (Å²) >= 11 is 5.83. The van der Waals surface area contributed by atoms with E-state index in [1.54, 1.807) is 52.1 Å². The van der Waals surface area contributed by atoms with Crippen LogP contribution < -0.4 is 9.46 Å². The molecule has 0 heterocycles. The summed E-state index contributed by atoms with van der Waals surface area (Å²) < 4.78 is 32.8. The first-order valence-electron chi connectivity index (χ1n) is 8.76. The van der Waals surface area contributed by atoms with E-state index >= 15 is 0 Å². The first-order valence-corrected chi connectivity index (χ1v) is 10.6. The van der Waals surface area contributed by atoms with Gasteiger partial charge in [0.2, 0.25) is 10.0 Å². The van der Waals surface area contributed by atoms with Gasteiger partial charge in [0.1, 0.15) is 12.4 Å². The molecule has 0 spiro atoms. The van der Waals surface area contributed by atoms with Crippen molar-refractivity contribution in [3.63, 3.8) is 0 Å². The highest BCUT2D eigenvalue weighted by molar-refractivity contribution is 7.89. The molecule has 0 aliphatic rings. The molecule has 0 unspecified atom stereocenters. The molecular weight excluding hydrogens is 400 g/mol. The number of ether oxygens (including phenoxy) is 1. The second-order valence-electron chi connectivity index (χ2n) is 7.41. The predicted molar refractivity (Wildman–Crippen MR) is 110 cm³/mol. The Morgan fingerprint density at radius 2 is 1.64 bits per heavy atom. The molecule has 8 heteroatoms. The average molecular weight is 425 g/mol. The Morgan fingerprint density at radius 3 is 2.18 bits per heavy atom. The van der Waals surface area contributed by atoms with Gasteiger partial charge >= 0.3 is 0 Å². The van der Waals surface area contributed by atoms with Gasteiger partial charge < -0.3 is 9.64 Å². The smallest absolute Gasteiger partial charge is 0.253 e. The van der Waals surface area contributed by atoms with Crippen LogP contribution in [0.5, 0.6) is 5.75 Å². The molecule has 1 N–H and O–H groups in total. The number of halogens is 1. The zero-order valence-electron chi connectivity index (χ0n) is 16.4. The highest BCUT2D eigenvalue weighted by atomic mass is 35.5. The van der Waals surface area contributed by atoms with E-state index in [0.717, 1.165) is 0 Å². The maximum Gasteiger partial charge on any atom is 0.253 e. The number of amides is 1. The van der Waals surface area contributed by atoms with Gasteiger partial charge in [0, 0.05) is 23.2 Å². The molecule has 0 radical (unpaired) electrons. The Kier molecular flexibility index (Phi) is 7.09. The molecule has 0 aliphatic carbocycles. The first kappa shape index (κ1) is 22.2. The maximum absolute atomic E-state index is 12.5. The van der Waals surface area contributed by atoms with E-state index in [0.29, 0.717) is 29.5 Å². The highest BCUT2D eigenvalue weighted by Crippen LogP contribution is 2.16. The van der Waals surface area contributed by atoms with Crippen LogP contribution in [0.4, 0.5) is 0 Å². The molecule has 28 heavy (non-hydrogen) atoms.